The Hall–Kier alpha value is -6.62. The first-order valence-electron chi connectivity index (χ1n) is 17.5. The number of rotatable bonds is 5. The summed E-state index contributed by atoms with van der Waals surface area (Å²) in [6.45, 7) is 0. The molecule has 0 amide bonds. The molecule has 4 heteroatoms. The Morgan fingerprint density at radius 2 is 1.00 bits per heavy atom. The summed E-state index contributed by atoms with van der Waals surface area (Å²) in [6.07, 6.45) is 0. The molecule has 0 bridgehead atoms. The lowest BCUT2D eigenvalue weighted by molar-refractivity contribution is 0.669. The van der Waals surface area contributed by atoms with E-state index in [-0.39, 0.29) is 0 Å². The molecule has 0 aliphatic rings. The van der Waals surface area contributed by atoms with Gasteiger partial charge in [0.2, 0.25) is 0 Å². The van der Waals surface area contributed by atoms with Crippen LogP contribution in [-0.2, 0) is 0 Å². The van der Waals surface area contributed by atoms with Crippen LogP contribution in [0.3, 0.4) is 0 Å². The Morgan fingerprint density at radius 1 is 0.365 bits per heavy atom. The van der Waals surface area contributed by atoms with Gasteiger partial charge in [0.05, 0.1) is 5.69 Å². The van der Waals surface area contributed by atoms with Crippen molar-refractivity contribution in [2.24, 2.45) is 0 Å². The summed E-state index contributed by atoms with van der Waals surface area (Å²) < 4.78 is 15.7. The summed E-state index contributed by atoms with van der Waals surface area (Å²) in [7, 11) is 0. The quantitative estimate of drug-likeness (QED) is 0.181. The molecule has 0 spiro atoms. The highest BCUT2D eigenvalue weighted by Gasteiger charge is 2.22. The van der Waals surface area contributed by atoms with Crippen molar-refractivity contribution in [2.45, 2.75) is 0 Å². The zero-order valence-electron chi connectivity index (χ0n) is 27.9. The van der Waals surface area contributed by atoms with Crippen LogP contribution in [-0.4, -0.2) is 0 Å². The monoisotopic (exact) mass is 683 g/mol. The van der Waals surface area contributed by atoms with Gasteiger partial charge in [-0.25, -0.2) is 0 Å². The van der Waals surface area contributed by atoms with Crippen LogP contribution in [0.15, 0.2) is 185 Å². The molecule has 3 aromatic heterocycles. The molecule has 11 aromatic rings. The Kier molecular flexibility index (Phi) is 6.42. The summed E-state index contributed by atoms with van der Waals surface area (Å²) in [5, 5.41) is 6.91. The van der Waals surface area contributed by atoms with Gasteiger partial charge in [0.1, 0.15) is 16.7 Å². The summed E-state index contributed by atoms with van der Waals surface area (Å²) in [5.74, 6) is 0. The van der Waals surface area contributed by atoms with E-state index in [1.54, 1.807) is 0 Å². The van der Waals surface area contributed by atoms with E-state index in [0.29, 0.717) is 0 Å². The van der Waals surface area contributed by atoms with Crippen molar-refractivity contribution in [3.05, 3.63) is 176 Å². The normalized spacial score (nSPS) is 11.8. The summed E-state index contributed by atoms with van der Waals surface area (Å²) in [5.41, 5.74) is 11.3. The first-order chi connectivity index (χ1) is 25.8. The molecule has 3 nitrogen and oxygen atoms in total. The van der Waals surface area contributed by atoms with E-state index >= 15 is 0 Å². The van der Waals surface area contributed by atoms with E-state index in [1.807, 2.05) is 23.5 Å². The number of thiophene rings is 1. The third-order valence-electron chi connectivity index (χ3n) is 10.3. The number of benzene rings is 8. The molecular weight excluding hydrogens is 655 g/mol. The molecule has 0 radical (unpaired) electrons. The molecule has 0 saturated carbocycles. The summed E-state index contributed by atoms with van der Waals surface area (Å²) in [4.78, 5) is 2.32. The number of hydrogen-bond donors (Lipinski definition) is 0. The second-order valence-electron chi connectivity index (χ2n) is 13.2. The van der Waals surface area contributed by atoms with Gasteiger partial charge < -0.3 is 13.7 Å². The minimum atomic E-state index is 0.867. The molecule has 0 aliphatic heterocycles. The van der Waals surface area contributed by atoms with E-state index in [2.05, 4.69) is 169 Å². The highest BCUT2D eigenvalue weighted by molar-refractivity contribution is 7.26. The third-order valence-corrected chi connectivity index (χ3v) is 11.4. The third kappa shape index (κ3) is 4.45. The second-order valence-corrected chi connectivity index (χ2v) is 14.3. The minimum absolute atomic E-state index is 0.867. The minimum Gasteiger partial charge on any atom is -0.456 e. The number of fused-ring (bicyclic) bond motifs is 10. The number of para-hydroxylation sites is 2. The number of anilines is 3. The molecule has 8 aromatic carbocycles. The SMILES string of the molecule is c1ccc(-c2ccc(N(c3ccc(-c4cccc5oc6ccccc6c45)cc3)c3cccc4c3oc3c4ccc4sc5ccccc5c43)cc2)cc1. The standard InChI is InChI=1S/C48H29NO2S/c1-2-10-30(11-3-1)31-20-24-33(25-21-31)49(34-26-22-32(23-27-34)35-14-9-18-42-45(35)38-12-4-6-17-41(38)50-42)40-16-8-15-36-37-28-29-44-46(48(37)51-47(36)40)39-13-5-7-19-43(39)52-44/h1-29H. The smallest absolute Gasteiger partial charge is 0.159 e. The van der Waals surface area contributed by atoms with Crippen LogP contribution in [0.1, 0.15) is 0 Å². The van der Waals surface area contributed by atoms with E-state index in [4.69, 9.17) is 8.83 Å². The van der Waals surface area contributed by atoms with Gasteiger partial charge in [-0.1, -0.05) is 115 Å². The Labute approximate surface area is 303 Å². The van der Waals surface area contributed by atoms with Crippen molar-refractivity contribution in [3.63, 3.8) is 0 Å². The van der Waals surface area contributed by atoms with Crippen LogP contribution in [0.25, 0.3) is 86.3 Å². The zero-order valence-corrected chi connectivity index (χ0v) is 28.7. The first-order valence-corrected chi connectivity index (χ1v) is 18.3. The van der Waals surface area contributed by atoms with Gasteiger partial charge in [-0.15, -0.1) is 11.3 Å². The van der Waals surface area contributed by atoms with Gasteiger partial charge >= 0.3 is 0 Å². The maximum Gasteiger partial charge on any atom is 0.159 e. The van der Waals surface area contributed by atoms with E-state index in [1.165, 1.54) is 31.3 Å². The lowest BCUT2D eigenvalue weighted by atomic mass is 9.99. The van der Waals surface area contributed by atoms with Crippen molar-refractivity contribution in [1.82, 2.24) is 0 Å². The molecule has 52 heavy (non-hydrogen) atoms. The van der Waals surface area contributed by atoms with Gasteiger partial charge in [0.15, 0.2) is 5.58 Å². The van der Waals surface area contributed by atoms with Gasteiger partial charge in [-0.3, -0.25) is 0 Å². The summed E-state index contributed by atoms with van der Waals surface area (Å²) >= 11 is 1.81. The molecule has 3 heterocycles. The molecule has 0 N–H and O–H groups in total. The first kappa shape index (κ1) is 29.1. The molecule has 0 fully saturated rings. The number of nitrogens with zero attached hydrogens (tertiary/aromatic N) is 1. The molecule has 0 aliphatic carbocycles. The van der Waals surface area contributed by atoms with Crippen LogP contribution >= 0.6 is 11.3 Å². The van der Waals surface area contributed by atoms with Gasteiger partial charge in [0, 0.05) is 53.1 Å². The molecule has 0 atom stereocenters. The van der Waals surface area contributed by atoms with Crippen LogP contribution in [0.2, 0.25) is 0 Å². The molecular formula is C48H29NO2S. The van der Waals surface area contributed by atoms with Crippen molar-refractivity contribution in [1.29, 1.82) is 0 Å². The van der Waals surface area contributed by atoms with Gasteiger partial charge in [-0.2, -0.15) is 0 Å². The van der Waals surface area contributed by atoms with Crippen molar-refractivity contribution in [2.75, 3.05) is 4.90 Å². The predicted molar refractivity (Wildman–Crippen MR) is 219 cm³/mol. The Balaban J connectivity index is 1.11. The lowest BCUT2D eigenvalue weighted by Crippen LogP contribution is -2.10. The van der Waals surface area contributed by atoms with Crippen molar-refractivity contribution < 1.29 is 8.83 Å². The fourth-order valence-corrected chi connectivity index (χ4v) is 9.00. The Bertz CT molecular complexity index is 3110. The van der Waals surface area contributed by atoms with Crippen molar-refractivity contribution in [3.8, 4) is 22.3 Å². The maximum absolute atomic E-state index is 7.01. The fourth-order valence-electron chi connectivity index (χ4n) is 7.89. The summed E-state index contributed by atoms with van der Waals surface area (Å²) in [6, 6.07) is 62.4. The predicted octanol–water partition coefficient (Wildman–Crippen LogP) is 14.7. The average Bonchev–Trinajstić information content (AvgIpc) is 3.90. The van der Waals surface area contributed by atoms with Crippen molar-refractivity contribution >= 4 is 92.4 Å². The van der Waals surface area contributed by atoms with E-state index < -0.39 is 0 Å². The Morgan fingerprint density at radius 3 is 1.83 bits per heavy atom. The molecule has 11 rings (SSSR count). The average molecular weight is 684 g/mol. The lowest BCUT2D eigenvalue weighted by Gasteiger charge is -2.26. The topological polar surface area (TPSA) is 29.5 Å². The van der Waals surface area contributed by atoms with Gasteiger partial charge in [0.25, 0.3) is 0 Å². The van der Waals surface area contributed by atoms with E-state index in [0.717, 1.165) is 72.1 Å². The van der Waals surface area contributed by atoms with Crippen LogP contribution < -0.4 is 4.90 Å². The fraction of sp³-hybridized carbons (Fsp3) is 0. The molecule has 0 unspecified atom stereocenters. The highest BCUT2D eigenvalue weighted by atomic mass is 32.1. The second kappa shape index (κ2) is 11.5. The number of hydrogen-bond acceptors (Lipinski definition) is 4. The zero-order chi connectivity index (χ0) is 34.2. The molecule has 0 saturated heterocycles. The van der Waals surface area contributed by atoms with Crippen LogP contribution in [0.5, 0.6) is 0 Å². The highest BCUT2D eigenvalue weighted by Crippen LogP contribution is 2.47. The maximum atomic E-state index is 7.01. The van der Waals surface area contributed by atoms with Crippen LogP contribution in [0, 0.1) is 0 Å². The number of furan rings is 2. The molecule has 244 valence electrons. The largest absolute Gasteiger partial charge is 0.456 e. The van der Waals surface area contributed by atoms with Crippen LogP contribution in [0.4, 0.5) is 17.1 Å². The van der Waals surface area contributed by atoms with E-state index in [9.17, 15) is 0 Å². The van der Waals surface area contributed by atoms with Gasteiger partial charge in [-0.05, 0) is 82.9 Å².